The van der Waals surface area contributed by atoms with E-state index in [0.717, 1.165) is 0 Å². The molecule has 0 aliphatic heterocycles. The van der Waals surface area contributed by atoms with Crippen molar-refractivity contribution in [3.05, 3.63) is 22.7 Å². The van der Waals surface area contributed by atoms with Gasteiger partial charge in [0.15, 0.2) is 0 Å². The van der Waals surface area contributed by atoms with Crippen LogP contribution in [0.3, 0.4) is 0 Å². The molecular formula is C9H11BrN2O4S. The van der Waals surface area contributed by atoms with Crippen molar-refractivity contribution in [3.63, 3.8) is 0 Å². The second-order valence-corrected chi connectivity index (χ2v) is 5.71. The fourth-order valence-electron chi connectivity index (χ4n) is 0.998. The molecule has 0 saturated carbocycles. The van der Waals surface area contributed by atoms with Crippen LogP contribution in [0.25, 0.3) is 0 Å². The molecular weight excluding hydrogens is 312 g/mol. The van der Waals surface area contributed by atoms with Gasteiger partial charge in [-0.05, 0) is 34.1 Å². The van der Waals surface area contributed by atoms with Crippen LogP contribution in [0.2, 0.25) is 0 Å². The Labute approximate surface area is 107 Å². The van der Waals surface area contributed by atoms with Gasteiger partial charge in [-0.25, -0.2) is 8.42 Å². The molecule has 0 radical (unpaired) electrons. The number of nitrogens with one attached hydrogen (secondary N) is 1. The molecule has 1 aromatic carbocycles. The molecule has 0 atom stereocenters. The normalized spacial score (nSPS) is 11.2. The Hall–Kier alpha value is -1.12. The molecule has 1 rings (SSSR count). The van der Waals surface area contributed by atoms with Gasteiger partial charge < -0.3 is 10.5 Å². The number of benzene rings is 1. The first kappa shape index (κ1) is 13.9. The van der Waals surface area contributed by atoms with E-state index in [-0.39, 0.29) is 4.90 Å². The lowest BCUT2D eigenvalue weighted by molar-refractivity contribution is -0.139. The summed E-state index contributed by atoms with van der Waals surface area (Å²) in [5, 5.41) is 0. The third-order valence-corrected chi connectivity index (χ3v) is 4.03. The Bertz CT molecular complexity index is 530. The van der Waals surface area contributed by atoms with Crippen LogP contribution in [-0.2, 0) is 19.6 Å². The molecule has 6 nitrogen and oxygen atoms in total. The lowest BCUT2D eigenvalue weighted by Gasteiger charge is -2.07. The Morgan fingerprint density at radius 2 is 2.18 bits per heavy atom. The van der Waals surface area contributed by atoms with E-state index in [0.29, 0.717) is 10.2 Å². The van der Waals surface area contributed by atoms with E-state index in [4.69, 9.17) is 5.73 Å². The number of sulfonamides is 1. The van der Waals surface area contributed by atoms with Crippen molar-refractivity contribution < 1.29 is 17.9 Å². The van der Waals surface area contributed by atoms with E-state index in [1.807, 2.05) is 0 Å². The molecule has 17 heavy (non-hydrogen) atoms. The lowest BCUT2D eigenvalue weighted by Crippen LogP contribution is -2.30. The summed E-state index contributed by atoms with van der Waals surface area (Å²) in [5.41, 5.74) is 5.87. The highest BCUT2D eigenvalue weighted by Crippen LogP contribution is 2.22. The fourth-order valence-corrected chi connectivity index (χ4v) is 2.25. The Morgan fingerprint density at radius 3 is 2.71 bits per heavy atom. The topological polar surface area (TPSA) is 98.5 Å². The molecule has 0 spiro atoms. The number of carbonyl (C=O) groups is 1. The Kier molecular flexibility index (Phi) is 4.49. The summed E-state index contributed by atoms with van der Waals surface area (Å²) in [6, 6.07) is 4.19. The number of methoxy groups -OCH3 is 1. The van der Waals surface area contributed by atoms with Crippen LogP contribution < -0.4 is 10.5 Å². The highest BCUT2D eigenvalue weighted by molar-refractivity contribution is 9.10. The number of nitrogen functional groups attached to an aromatic ring is 1. The van der Waals surface area contributed by atoms with Crippen molar-refractivity contribution in [3.8, 4) is 0 Å². The number of nitrogens with two attached hydrogens (primary N) is 1. The minimum absolute atomic E-state index is 0.0119. The van der Waals surface area contributed by atoms with E-state index < -0.39 is 22.5 Å². The van der Waals surface area contributed by atoms with Crippen molar-refractivity contribution in [2.75, 3.05) is 19.4 Å². The third-order valence-electron chi connectivity index (χ3n) is 1.91. The predicted octanol–water partition coefficient (Wildman–Crippen LogP) is 0.483. The maximum atomic E-state index is 11.7. The van der Waals surface area contributed by atoms with Gasteiger partial charge >= 0.3 is 5.97 Å². The predicted molar refractivity (Wildman–Crippen MR) is 65.8 cm³/mol. The number of halogens is 1. The quantitative estimate of drug-likeness (QED) is 0.620. The van der Waals surface area contributed by atoms with Gasteiger partial charge in [0.2, 0.25) is 10.0 Å². The van der Waals surface area contributed by atoms with Gasteiger partial charge in [0.1, 0.15) is 6.54 Å². The van der Waals surface area contributed by atoms with Crippen LogP contribution >= 0.6 is 15.9 Å². The smallest absolute Gasteiger partial charge is 0.320 e. The second-order valence-electron chi connectivity index (χ2n) is 3.08. The highest BCUT2D eigenvalue weighted by atomic mass is 79.9. The monoisotopic (exact) mass is 322 g/mol. The Balaban J connectivity index is 2.90. The zero-order valence-corrected chi connectivity index (χ0v) is 11.3. The molecule has 0 aromatic heterocycles. The van der Waals surface area contributed by atoms with Crippen LogP contribution in [-0.4, -0.2) is 28.0 Å². The average Bonchev–Trinajstić information content (AvgIpc) is 2.29. The number of hydrogen-bond donors (Lipinski definition) is 2. The highest BCUT2D eigenvalue weighted by Gasteiger charge is 2.16. The zero-order chi connectivity index (χ0) is 13.1. The van der Waals surface area contributed by atoms with E-state index in [9.17, 15) is 13.2 Å². The first-order chi connectivity index (χ1) is 7.86. The molecule has 1 aromatic rings. The maximum absolute atomic E-state index is 11.7. The van der Waals surface area contributed by atoms with Crippen molar-refractivity contribution in [1.29, 1.82) is 0 Å². The summed E-state index contributed by atoms with van der Waals surface area (Å²) < 4.78 is 30.5. The number of ether oxygens (including phenoxy) is 1. The first-order valence-corrected chi connectivity index (χ1v) is 6.76. The zero-order valence-electron chi connectivity index (χ0n) is 8.94. The number of esters is 1. The second kappa shape index (κ2) is 5.48. The summed E-state index contributed by atoms with van der Waals surface area (Å²) in [7, 11) is -2.58. The van der Waals surface area contributed by atoms with Crippen LogP contribution in [0.1, 0.15) is 0 Å². The summed E-state index contributed by atoms with van der Waals surface area (Å²) in [4.78, 5) is 10.8. The number of carbonyl (C=O) groups excluding carboxylic acids is 1. The van der Waals surface area contributed by atoms with Crippen LogP contribution in [0.4, 0.5) is 5.69 Å². The fraction of sp³-hybridized carbons (Fsp3) is 0.222. The van der Waals surface area contributed by atoms with E-state index in [2.05, 4.69) is 25.4 Å². The maximum Gasteiger partial charge on any atom is 0.320 e. The van der Waals surface area contributed by atoms with E-state index in [1.165, 1.54) is 25.3 Å². The average molecular weight is 323 g/mol. The van der Waals surface area contributed by atoms with Crippen LogP contribution in [0, 0.1) is 0 Å². The molecule has 0 saturated heterocycles. The van der Waals surface area contributed by atoms with E-state index >= 15 is 0 Å². The number of anilines is 1. The van der Waals surface area contributed by atoms with Crippen molar-refractivity contribution in [1.82, 2.24) is 4.72 Å². The molecule has 0 fully saturated rings. The van der Waals surface area contributed by atoms with E-state index in [1.54, 1.807) is 0 Å². The third kappa shape index (κ3) is 3.69. The molecule has 8 heteroatoms. The van der Waals surface area contributed by atoms with Crippen LogP contribution in [0.5, 0.6) is 0 Å². The van der Waals surface area contributed by atoms with Gasteiger partial charge in [0, 0.05) is 10.2 Å². The van der Waals surface area contributed by atoms with Crippen LogP contribution in [0.15, 0.2) is 27.6 Å². The van der Waals surface area contributed by atoms with Crippen molar-refractivity contribution in [2.24, 2.45) is 0 Å². The molecule has 0 heterocycles. The molecule has 0 bridgehead atoms. The van der Waals surface area contributed by atoms with Gasteiger partial charge in [-0.2, -0.15) is 4.72 Å². The van der Waals surface area contributed by atoms with Crippen molar-refractivity contribution in [2.45, 2.75) is 4.90 Å². The minimum Gasteiger partial charge on any atom is -0.468 e. The molecule has 0 amide bonds. The SMILES string of the molecule is COC(=O)CNS(=O)(=O)c1ccc(Br)c(N)c1. The molecule has 0 unspecified atom stereocenters. The van der Waals surface area contributed by atoms with Gasteiger partial charge in [-0.3, -0.25) is 4.79 Å². The summed E-state index contributed by atoms with van der Waals surface area (Å²) in [6.07, 6.45) is 0. The molecule has 3 N–H and O–H groups in total. The lowest BCUT2D eigenvalue weighted by atomic mass is 10.3. The minimum atomic E-state index is -3.76. The largest absolute Gasteiger partial charge is 0.468 e. The standard InChI is InChI=1S/C9H11BrN2O4S/c1-16-9(13)5-12-17(14,15)6-2-3-7(10)8(11)4-6/h2-4,12H,5,11H2,1H3. The number of hydrogen-bond acceptors (Lipinski definition) is 5. The molecule has 0 aliphatic rings. The van der Waals surface area contributed by atoms with Crippen molar-refractivity contribution >= 4 is 37.6 Å². The molecule has 0 aliphatic carbocycles. The van der Waals surface area contributed by atoms with Gasteiger partial charge in [-0.1, -0.05) is 0 Å². The molecule has 94 valence electrons. The summed E-state index contributed by atoms with van der Waals surface area (Å²) in [5.74, 6) is -0.668. The first-order valence-electron chi connectivity index (χ1n) is 4.48. The number of rotatable bonds is 4. The van der Waals surface area contributed by atoms with Gasteiger partial charge in [0.05, 0.1) is 12.0 Å². The Morgan fingerprint density at radius 1 is 1.53 bits per heavy atom. The van der Waals surface area contributed by atoms with Gasteiger partial charge in [0.25, 0.3) is 0 Å². The van der Waals surface area contributed by atoms with Gasteiger partial charge in [-0.15, -0.1) is 0 Å². The summed E-state index contributed by atoms with van der Waals surface area (Å²) >= 11 is 3.16. The summed E-state index contributed by atoms with van der Waals surface area (Å²) in [6.45, 7) is -0.422.